The van der Waals surface area contributed by atoms with E-state index in [0.717, 1.165) is 15.9 Å². The summed E-state index contributed by atoms with van der Waals surface area (Å²) in [6.45, 7) is 7.18. The first-order valence-corrected chi connectivity index (χ1v) is 10.7. The third kappa shape index (κ3) is 4.05. The number of fused-ring (bicyclic) bond motifs is 1. The molecule has 2 N–H and O–H groups in total. The number of hydrogen-bond donors (Lipinski definition) is 2. The number of amides is 1. The molecule has 0 unspecified atom stereocenters. The van der Waals surface area contributed by atoms with Gasteiger partial charge in [-0.2, -0.15) is 5.10 Å². The second-order valence-corrected chi connectivity index (χ2v) is 10.0. The van der Waals surface area contributed by atoms with Gasteiger partial charge < -0.3 is 5.32 Å². The highest BCUT2D eigenvalue weighted by atomic mass is 32.2. The molecule has 0 spiro atoms. The Morgan fingerprint density at radius 2 is 1.89 bits per heavy atom. The zero-order valence-electron chi connectivity index (χ0n) is 15.8. The van der Waals surface area contributed by atoms with Crippen molar-refractivity contribution in [2.24, 2.45) is 7.05 Å². The van der Waals surface area contributed by atoms with Gasteiger partial charge in [-0.05, 0) is 45.9 Å². The summed E-state index contributed by atoms with van der Waals surface area (Å²) in [7, 11) is -1.95. The number of benzene rings is 1. The van der Waals surface area contributed by atoms with E-state index < -0.39 is 15.6 Å². The summed E-state index contributed by atoms with van der Waals surface area (Å²) < 4.78 is 29.8. The molecule has 0 radical (unpaired) electrons. The molecule has 3 rings (SSSR count). The number of hydrogen-bond acceptors (Lipinski definition) is 5. The molecule has 0 saturated carbocycles. The van der Waals surface area contributed by atoms with Crippen molar-refractivity contribution >= 4 is 43.2 Å². The third-order valence-electron chi connectivity index (χ3n) is 3.79. The summed E-state index contributed by atoms with van der Waals surface area (Å²) in [5.41, 5.74) is 0.457. The first-order chi connectivity index (χ1) is 12.5. The third-order valence-corrected chi connectivity index (χ3v) is 6.80. The van der Waals surface area contributed by atoms with Crippen LogP contribution in [0.25, 0.3) is 10.2 Å². The van der Waals surface area contributed by atoms with Crippen molar-refractivity contribution in [3.05, 3.63) is 40.9 Å². The number of para-hydroxylation sites is 1. The number of carbonyl (C=O) groups excluding carboxylic acids is 1. The zero-order chi connectivity index (χ0) is 20.0. The largest absolute Gasteiger partial charge is 0.320 e. The van der Waals surface area contributed by atoms with Crippen LogP contribution in [-0.4, -0.2) is 29.6 Å². The summed E-state index contributed by atoms with van der Waals surface area (Å²) in [6.07, 6.45) is 0. The van der Waals surface area contributed by atoms with Crippen LogP contribution in [0.4, 0.5) is 5.69 Å². The number of aromatic nitrogens is 2. The summed E-state index contributed by atoms with van der Waals surface area (Å²) in [4.78, 5) is 14.2. The molecule has 1 aromatic carbocycles. The molecule has 2 aromatic heterocycles. The van der Waals surface area contributed by atoms with Gasteiger partial charge in [0.25, 0.3) is 5.91 Å². The predicted molar refractivity (Wildman–Crippen MR) is 108 cm³/mol. The molecule has 0 fully saturated rings. The van der Waals surface area contributed by atoms with Crippen LogP contribution < -0.4 is 10.0 Å². The number of nitrogens with zero attached hydrogens (tertiary/aromatic N) is 2. The molecule has 7 nitrogen and oxygen atoms in total. The average molecular weight is 407 g/mol. The molecule has 3 aromatic rings. The van der Waals surface area contributed by atoms with Crippen molar-refractivity contribution in [1.82, 2.24) is 14.5 Å². The van der Waals surface area contributed by atoms with E-state index in [9.17, 15) is 13.2 Å². The van der Waals surface area contributed by atoms with Crippen molar-refractivity contribution in [3.8, 4) is 0 Å². The van der Waals surface area contributed by atoms with E-state index in [1.54, 1.807) is 49.7 Å². The van der Waals surface area contributed by atoms with Crippen molar-refractivity contribution in [1.29, 1.82) is 0 Å². The first kappa shape index (κ1) is 19.5. The van der Waals surface area contributed by atoms with Gasteiger partial charge in [-0.25, -0.2) is 13.1 Å². The number of sulfonamides is 1. The highest BCUT2D eigenvalue weighted by Gasteiger charge is 2.25. The molecule has 9 heteroatoms. The lowest BCUT2D eigenvalue weighted by atomic mass is 10.1. The summed E-state index contributed by atoms with van der Waals surface area (Å²) in [6, 6.07) is 8.15. The maximum Gasteiger partial charge on any atom is 0.265 e. The number of rotatable bonds is 4. The predicted octanol–water partition coefficient (Wildman–Crippen LogP) is 3.27. The lowest BCUT2D eigenvalue weighted by Crippen LogP contribution is -2.40. The number of carbonyl (C=O) groups is 1. The van der Waals surface area contributed by atoms with Gasteiger partial charge in [0.15, 0.2) is 0 Å². The minimum Gasteiger partial charge on any atom is -0.320 e. The van der Waals surface area contributed by atoms with Gasteiger partial charge in [0.05, 0.1) is 16.3 Å². The molecule has 1 amide bonds. The molecule has 0 atom stereocenters. The van der Waals surface area contributed by atoms with E-state index in [1.165, 1.54) is 17.4 Å². The van der Waals surface area contributed by atoms with E-state index >= 15 is 0 Å². The molecule has 27 heavy (non-hydrogen) atoms. The van der Waals surface area contributed by atoms with Crippen LogP contribution in [0.15, 0.2) is 35.2 Å². The standard InChI is InChI=1S/C18H22N4O3S2/c1-11-12-10-14(26-17(12)22(5)20-11)16(23)19-13-8-6-7-9-15(13)27(24,25)21-18(2,3)4/h6-10,21H,1-5H3,(H,19,23). The van der Waals surface area contributed by atoms with Gasteiger partial charge in [0.1, 0.15) is 9.73 Å². The minimum absolute atomic E-state index is 0.0345. The molecule has 0 aliphatic rings. The lowest BCUT2D eigenvalue weighted by molar-refractivity contribution is 0.103. The maximum absolute atomic E-state index is 12.7. The SMILES string of the molecule is Cc1nn(C)c2sc(C(=O)Nc3ccccc3S(=O)(=O)NC(C)(C)C)cc12. The van der Waals surface area contributed by atoms with Gasteiger partial charge >= 0.3 is 0 Å². The number of thiophene rings is 1. The topological polar surface area (TPSA) is 93.1 Å². The Hall–Kier alpha value is -2.23. The molecular weight excluding hydrogens is 384 g/mol. The van der Waals surface area contributed by atoms with Gasteiger partial charge in [0.2, 0.25) is 10.0 Å². The number of anilines is 1. The summed E-state index contributed by atoms with van der Waals surface area (Å²) in [5.74, 6) is -0.353. The van der Waals surface area contributed by atoms with E-state index in [-0.39, 0.29) is 16.5 Å². The van der Waals surface area contributed by atoms with Gasteiger partial charge in [-0.1, -0.05) is 12.1 Å². The Morgan fingerprint density at radius 1 is 1.22 bits per heavy atom. The molecule has 0 aliphatic heterocycles. The van der Waals surface area contributed by atoms with Crippen LogP contribution in [0, 0.1) is 6.92 Å². The Bertz CT molecular complexity index is 1090. The maximum atomic E-state index is 12.7. The Balaban J connectivity index is 1.93. The van der Waals surface area contributed by atoms with E-state index in [2.05, 4.69) is 15.1 Å². The van der Waals surface area contributed by atoms with Crippen LogP contribution in [0.2, 0.25) is 0 Å². The Labute approximate surface area is 162 Å². The van der Waals surface area contributed by atoms with Crippen LogP contribution in [0.3, 0.4) is 0 Å². The van der Waals surface area contributed by atoms with E-state index in [4.69, 9.17) is 0 Å². The zero-order valence-corrected chi connectivity index (χ0v) is 17.5. The normalized spacial score (nSPS) is 12.5. The molecule has 144 valence electrons. The van der Waals surface area contributed by atoms with Gasteiger partial charge in [-0.15, -0.1) is 11.3 Å². The highest BCUT2D eigenvalue weighted by molar-refractivity contribution is 7.89. The van der Waals surface area contributed by atoms with Crippen LogP contribution >= 0.6 is 11.3 Å². The Morgan fingerprint density at radius 3 is 2.52 bits per heavy atom. The summed E-state index contributed by atoms with van der Waals surface area (Å²) in [5, 5.41) is 7.97. The van der Waals surface area contributed by atoms with Crippen molar-refractivity contribution in [2.75, 3.05) is 5.32 Å². The van der Waals surface area contributed by atoms with Gasteiger partial charge in [0, 0.05) is 18.0 Å². The average Bonchev–Trinajstić information content (AvgIpc) is 3.08. The quantitative estimate of drug-likeness (QED) is 0.695. The molecule has 2 heterocycles. The second-order valence-electron chi connectivity index (χ2n) is 7.34. The smallest absolute Gasteiger partial charge is 0.265 e. The molecule has 0 saturated heterocycles. The fourth-order valence-corrected chi connectivity index (χ4v) is 5.36. The summed E-state index contributed by atoms with van der Waals surface area (Å²) >= 11 is 1.32. The Kier molecular flexibility index (Phi) is 4.87. The number of aryl methyl sites for hydroxylation is 2. The minimum atomic E-state index is -3.78. The second kappa shape index (κ2) is 6.74. The lowest BCUT2D eigenvalue weighted by Gasteiger charge is -2.21. The van der Waals surface area contributed by atoms with E-state index in [0.29, 0.717) is 4.88 Å². The monoisotopic (exact) mass is 406 g/mol. The number of nitrogens with one attached hydrogen (secondary N) is 2. The molecule has 0 bridgehead atoms. The van der Waals surface area contributed by atoms with E-state index in [1.807, 2.05) is 14.0 Å². The van der Waals surface area contributed by atoms with Crippen molar-refractivity contribution in [3.63, 3.8) is 0 Å². The fourth-order valence-electron chi connectivity index (χ4n) is 2.76. The first-order valence-electron chi connectivity index (χ1n) is 8.35. The van der Waals surface area contributed by atoms with Gasteiger partial charge in [-0.3, -0.25) is 9.48 Å². The molecule has 0 aliphatic carbocycles. The highest BCUT2D eigenvalue weighted by Crippen LogP contribution is 2.29. The van der Waals surface area contributed by atoms with Crippen molar-refractivity contribution in [2.45, 2.75) is 38.1 Å². The van der Waals surface area contributed by atoms with Crippen LogP contribution in [-0.2, 0) is 17.1 Å². The van der Waals surface area contributed by atoms with Crippen LogP contribution in [0.1, 0.15) is 36.1 Å². The van der Waals surface area contributed by atoms with Crippen LogP contribution in [0.5, 0.6) is 0 Å². The molecular formula is C18H22N4O3S2. The fraction of sp³-hybridized carbons (Fsp3) is 0.333. The van der Waals surface area contributed by atoms with Crippen molar-refractivity contribution < 1.29 is 13.2 Å².